The maximum atomic E-state index is 9.99. The lowest BCUT2D eigenvalue weighted by Crippen LogP contribution is -2.37. The molecule has 0 saturated heterocycles. The highest BCUT2D eigenvalue weighted by Crippen LogP contribution is 2.48. The van der Waals surface area contributed by atoms with Gasteiger partial charge in [-0.05, 0) is 71.9 Å². The fourth-order valence-electron chi connectivity index (χ4n) is 5.99. The molecule has 2 aromatic carbocycles. The van der Waals surface area contributed by atoms with E-state index in [1.54, 1.807) is 0 Å². The van der Waals surface area contributed by atoms with Crippen molar-refractivity contribution in [1.29, 1.82) is 0 Å². The molecule has 0 aromatic heterocycles. The predicted octanol–water partition coefficient (Wildman–Crippen LogP) is 11.2. The molecule has 0 saturated carbocycles. The quantitative estimate of drug-likeness (QED) is 0.202. The van der Waals surface area contributed by atoms with Gasteiger partial charge >= 0.3 is 0 Å². The monoisotopic (exact) mass is 498 g/mol. The summed E-state index contributed by atoms with van der Waals surface area (Å²) in [5.41, 5.74) is 3.05. The van der Waals surface area contributed by atoms with Crippen LogP contribution >= 0.6 is 11.6 Å². The Morgan fingerprint density at radius 3 is 1.57 bits per heavy atom. The molecule has 2 aromatic rings. The van der Waals surface area contributed by atoms with E-state index in [2.05, 4.69) is 64.1 Å². The van der Waals surface area contributed by atoms with Crippen LogP contribution < -0.4 is 0 Å². The van der Waals surface area contributed by atoms with Gasteiger partial charge in [0.15, 0.2) is 0 Å². The minimum atomic E-state index is 0.0675. The fraction of sp³-hybridized carbons (Fsp3) is 0.636. The molecule has 0 spiro atoms. The van der Waals surface area contributed by atoms with Crippen LogP contribution in [0.15, 0.2) is 48.5 Å². The molecule has 0 radical (unpaired) electrons. The highest BCUT2D eigenvalue weighted by Gasteiger charge is 2.40. The number of hydrogen-bond acceptors (Lipinski definition) is 1. The first kappa shape index (κ1) is 29.8. The molecule has 0 aliphatic rings. The first-order chi connectivity index (χ1) is 16.9. The number of rotatable bonds is 18. The standard InChI is InChI=1S/C33H51ClO/c1-5-8-11-14-25-33(26-15-12-9-6-2,29-16-20-30(34)21-17-29)27-32(4,24-13-10-7-3)28-18-22-31(35)23-19-28/h16-23,35H,5-15,24-27H2,1-4H3. The van der Waals surface area contributed by atoms with Crippen molar-refractivity contribution in [2.75, 3.05) is 0 Å². The third-order valence-corrected chi connectivity index (χ3v) is 8.35. The molecule has 1 N–H and O–H groups in total. The minimum Gasteiger partial charge on any atom is -0.508 e. The van der Waals surface area contributed by atoms with E-state index in [0.29, 0.717) is 5.75 Å². The summed E-state index contributed by atoms with van der Waals surface area (Å²) in [5, 5.41) is 10.8. The van der Waals surface area contributed by atoms with Crippen molar-refractivity contribution in [3.8, 4) is 5.75 Å². The molecular weight excluding hydrogens is 448 g/mol. The Kier molecular flexibility index (Phi) is 13.3. The lowest BCUT2D eigenvalue weighted by atomic mass is 9.60. The van der Waals surface area contributed by atoms with Gasteiger partial charge < -0.3 is 5.11 Å². The van der Waals surface area contributed by atoms with Gasteiger partial charge in [0.1, 0.15) is 5.75 Å². The fourth-order valence-corrected chi connectivity index (χ4v) is 6.11. The topological polar surface area (TPSA) is 20.2 Å². The number of halogens is 1. The Balaban J connectivity index is 2.50. The second-order valence-corrected chi connectivity index (χ2v) is 11.6. The molecule has 1 unspecified atom stereocenters. The van der Waals surface area contributed by atoms with Gasteiger partial charge in [0.25, 0.3) is 0 Å². The number of phenols is 1. The lowest BCUT2D eigenvalue weighted by molar-refractivity contribution is 0.228. The van der Waals surface area contributed by atoms with Crippen LogP contribution in [-0.2, 0) is 10.8 Å². The van der Waals surface area contributed by atoms with Crippen LogP contribution in [0.4, 0.5) is 0 Å². The summed E-state index contributed by atoms with van der Waals surface area (Å²) < 4.78 is 0. The van der Waals surface area contributed by atoms with E-state index in [9.17, 15) is 5.11 Å². The van der Waals surface area contributed by atoms with E-state index in [4.69, 9.17) is 11.6 Å². The smallest absolute Gasteiger partial charge is 0.115 e. The number of unbranched alkanes of at least 4 members (excludes halogenated alkanes) is 8. The van der Waals surface area contributed by atoms with Gasteiger partial charge in [0, 0.05) is 5.02 Å². The van der Waals surface area contributed by atoms with E-state index < -0.39 is 0 Å². The molecule has 0 aliphatic carbocycles. The molecule has 0 heterocycles. The highest BCUT2D eigenvalue weighted by atomic mass is 35.5. The molecule has 2 rings (SSSR count). The first-order valence-corrected chi connectivity index (χ1v) is 14.8. The molecule has 35 heavy (non-hydrogen) atoms. The second-order valence-electron chi connectivity index (χ2n) is 11.1. The van der Waals surface area contributed by atoms with Gasteiger partial charge in [-0.2, -0.15) is 0 Å². The second kappa shape index (κ2) is 15.6. The van der Waals surface area contributed by atoms with E-state index in [1.807, 2.05) is 12.1 Å². The van der Waals surface area contributed by atoms with Crippen LogP contribution in [0, 0.1) is 0 Å². The molecule has 0 aliphatic heterocycles. The van der Waals surface area contributed by atoms with Crippen molar-refractivity contribution in [3.63, 3.8) is 0 Å². The highest BCUT2D eigenvalue weighted by molar-refractivity contribution is 6.30. The van der Waals surface area contributed by atoms with Crippen LogP contribution in [0.1, 0.15) is 135 Å². The Morgan fingerprint density at radius 1 is 0.600 bits per heavy atom. The van der Waals surface area contributed by atoms with Gasteiger partial charge in [-0.1, -0.05) is 134 Å². The van der Waals surface area contributed by atoms with E-state index in [-0.39, 0.29) is 10.8 Å². The van der Waals surface area contributed by atoms with E-state index in [0.717, 1.165) is 11.4 Å². The summed E-state index contributed by atoms with van der Waals surface area (Å²) in [6, 6.07) is 16.9. The number of aromatic hydroxyl groups is 1. The molecular formula is C33H51ClO. The Labute approximate surface area is 221 Å². The van der Waals surface area contributed by atoms with Crippen LogP contribution in [-0.4, -0.2) is 5.11 Å². The van der Waals surface area contributed by atoms with E-state index >= 15 is 0 Å². The SMILES string of the molecule is CCCCCCC(CCCCCC)(CC(C)(CCCCC)c1ccc(O)cc1)c1ccc(Cl)cc1. The number of phenolic OH excluding ortho intramolecular Hbond substituents is 1. The Morgan fingerprint density at radius 2 is 1.06 bits per heavy atom. The normalized spacial score (nSPS) is 13.6. The molecule has 0 bridgehead atoms. The largest absolute Gasteiger partial charge is 0.508 e. The van der Waals surface area contributed by atoms with Crippen LogP contribution in [0.25, 0.3) is 0 Å². The molecule has 0 fully saturated rings. The van der Waals surface area contributed by atoms with E-state index in [1.165, 1.54) is 101 Å². The molecule has 1 nitrogen and oxygen atoms in total. The van der Waals surface area contributed by atoms with Gasteiger partial charge in [0.05, 0.1) is 0 Å². The Hall–Kier alpha value is -1.47. The summed E-state index contributed by atoms with van der Waals surface area (Å²) >= 11 is 6.36. The van der Waals surface area contributed by atoms with Crippen molar-refractivity contribution in [1.82, 2.24) is 0 Å². The third kappa shape index (κ3) is 9.49. The zero-order chi connectivity index (χ0) is 25.6. The first-order valence-electron chi connectivity index (χ1n) is 14.4. The maximum Gasteiger partial charge on any atom is 0.115 e. The molecule has 2 heteroatoms. The molecule has 196 valence electrons. The Bertz CT molecular complexity index is 798. The van der Waals surface area contributed by atoms with Crippen LogP contribution in [0.2, 0.25) is 5.02 Å². The van der Waals surface area contributed by atoms with Crippen LogP contribution in [0.3, 0.4) is 0 Å². The molecule has 1 atom stereocenters. The van der Waals surface area contributed by atoms with Crippen molar-refractivity contribution in [2.45, 2.75) is 135 Å². The average molecular weight is 499 g/mol. The number of benzene rings is 2. The van der Waals surface area contributed by atoms with Crippen LogP contribution in [0.5, 0.6) is 5.75 Å². The van der Waals surface area contributed by atoms with Gasteiger partial charge in [-0.25, -0.2) is 0 Å². The molecule has 0 amide bonds. The predicted molar refractivity (Wildman–Crippen MR) is 155 cm³/mol. The summed E-state index contributed by atoms with van der Waals surface area (Å²) in [6.45, 7) is 9.37. The minimum absolute atomic E-state index is 0.0675. The van der Waals surface area contributed by atoms with Gasteiger partial charge in [0.2, 0.25) is 0 Å². The lowest BCUT2D eigenvalue weighted by Gasteiger charge is -2.44. The third-order valence-electron chi connectivity index (χ3n) is 8.10. The summed E-state index contributed by atoms with van der Waals surface area (Å²) in [6.07, 6.45) is 18.9. The summed E-state index contributed by atoms with van der Waals surface area (Å²) in [7, 11) is 0. The zero-order valence-electron chi connectivity index (χ0n) is 23.1. The maximum absolute atomic E-state index is 9.99. The van der Waals surface area contributed by atoms with Crippen molar-refractivity contribution < 1.29 is 5.11 Å². The zero-order valence-corrected chi connectivity index (χ0v) is 23.8. The summed E-state index contributed by atoms with van der Waals surface area (Å²) in [4.78, 5) is 0. The van der Waals surface area contributed by atoms with Crippen molar-refractivity contribution in [3.05, 3.63) is 64.7 Å². The average Bonchev–Trinajstić information content (AvgIpc) is 2.85. The van der Waals surface area contributed by atoms with Crippen molar-refractivity contribution in [2.24, 2.45) is 0 Å². The van der Waals surface area contributed by atoms with Crippen molar-refractivity contribution >= 4 is 11.6 Å². The van der Waals surface area contributed by atoms with Gasteiger partial charge in [-0.15, -0.1) is 0 Å². The summed E-state index contributed by atoms with van der Waals surface area (Å²) in [5.74, 6) is 0.354. The number of hydrogen-bond donors (Lipinski definition) is 1. The van der Waals surface area contributed by atoms with Gasteiger partial charge in [-0.3, -0.25) is 0 Å².